The molecule has 9 nitrogen and oxygen atoms in total. The smallest absolute Gasteiger partial charge is 0.478 e. The lowest BCUT2D eigenvalue weighted by Crippen LogP contribution is -2.46. The van der Waals surface area contributed by atoms with E-state index >= 15 is 0 Å². The Morgan fingerprint density at radius 1 is 0.900 bits per heavy atom. The van der Waals surface area contributed by atoms with Crippen molar-refractivity contribution in [3.63, 3.8) is 0 Å². The van der Waals surface area contributed by atoms with Gasteiger partial charge in [0.2, 0.25) is 0 Å². The van der Waals surface area contributed by atoms with E-state index in [0.29, 0.717) is 30.9 Å². The number of rotatable bonds is 6. The molecule has 40 heavy (non-hydrogen) atoms. The second kappa shape index (κ2) is 12.8. The van der Waals surface area contributed by atoms with Crippen LogP contribution in [0.3, 0.4) is 0 Å². The number of likely N-dealkylation sites (tertiary alicyclic amines) is 1. The van der Waals surface area contributed by atoms with Gasteiger partial charge in [-0.2, -0.15) is 13.2 Å². The van der Waals surface area contributed by atoms with E-state index in [9.17, 15) is 40.3 Å². The summed E-state index contributed by atoms with van der Waals surface area (Å²) in [5, 5.41) is 16.5. The van der Waals surface area contributed by atoms with E-state index in [1.165, 1.54) is 31.4 Å². The average molecular weight is 594 g/mol. The third-order valence-electron chi connectivity index (χ3n) is 6.63. The van der Waals surface area contributed by atoms with Crippen LogP contribution in [0.4, 0.5) is 33.3 Å². The first kappa shape index (κ1) is 31.1. The van der Waals surface area contributed by atoms with Crippen molar-refractivity contribution in [2.75, 3.05) is 35.8 Å². The Morgan fingerprint density at radius 3 is 2.05 bits per heavy atom. The zero-order valence-electron chi connectivity index (χ0n) is 21.1. The first-order chi connectivity index (χ1) is 18.7. The highest BCUT2D eigenvalue weighted by Gasteiger charge is 2.38. The number of halogens is 5. The maximum absolute atomic E-state index is 14.2. The molecule has 0 aliphatic carbocycles. The number of piperidine rings is 2. The normalized spacial score (nSPS) is 17.1. The van der Waals surface area contributed by atoms with Crippen molar-refractivity contribution >= 4 is 33.3 Å². The van der Waals surface area contributed by atoms with E-state index in [0.717, 1.165) is 38.1 Å². The predicted octanol–water partition coefficient (Wildman–Crippen LogP) is 4.55. The number of nitrogens with zero attached hydrogens (tertiary/aromatic N) is 2. The molecule has 220 valence electrons. The second-order valence-electron chi connectivity index (χ2n) is 9.34. The number of nitrogens with one attached hydrogen (secondary N) is 1. The van der Waals surface area contributed by atoms with Crippen molar-refractivity contribution in [3.8, 4) is 0 Å². The fraction of sp³-hybridized carbons (Fsp3) is 0.440. The summed E-state index contributed by atoms with van der Waals surface area (Å²) in [5.41, 5.74) is 0.423. The zero-order chi connectivity index (χ0) is 29.7. The number of carboxylic acids is 2. The Balaban J connectivity index is 0.000000559. The van der Waals surface area contributed by atoms with E-state index < -0.39 is 44.7 Å². The van der Waals surface area contributed by atoms with Crippen LogP contribution in [0.15, 0.2) is 41.3 Å². The molecule has 2 aromatic carbocycles. The topological polar surface area (TPSA) is 127 Å². The minimum absolute atomic E-state index is 0.0231. The van der Waals surface area contributed by atoms with Gasteiger partial charge in [0.05, 0.1) is 16.9 Å². The molecule has 0 aromatic heterocycles. The summed E-state index contributed by atoms with van der Waals surface area (Å²) in [6.45, 7) is 3.55. The Kier molecular flexibility index (Phi) is 9.95. The van der Waals surface area contributed by atoms with E-state index in [-0.39, 0.29) is 11.3 Å². The Bertz CT molecular complexity index is 1320. The molecule has 0 bridgehead atoms. The zero-order valence-corrected chi connectivity index (χ0v) is 21.9. The maximum atomic E-state index is 14.2. The molecule has 2 fully saturated rings. The van der Waals surface area contributed by atoms with Crippen LogP contribution in [0.5, 0.6) is 0 Å². The Hall–Kier alpha value is -3.46. The summed E-state index contributed by atoms with van der Waals surface area (Å²) >= 11 is 0. The van der Waals surface area contributed by atoms with Crippen LogP contribution in [-0.2, 0) is 14.8 Å². The quantitative estimate of drug-likeness (QED) is 0.417. The van der Waals surface area contributed by atoms with Crippen LogP contribution in [-0.4, -0.2) is 73.9 Å². The standard InChI is InChI=1S/C23H27F2N3O4S.C2HF3O2/c24-17-5-6-19(25)22(15-17)33(31,32)26-20-14-16(23(29)30)4-7-21(20)28-12-8-18(9-13-28)27-10-2-1-3-11-27;3-2(4,5)1(6)7/h4-7,14-15,18,26H,1-3,8-13H2,(H,29,30);(H,6,7). The van der Waals surface area contributed by atoms with E-state index in [1.54, 1.807) is 6.07 Å². The molecule has 0 radical (unpaired) electrons. The molecule has 3 N–H and O–H groups in total. The summed E-state index contributed by atoms with van der Waals surface area (Å²) in [4.78, 5) is 24.1. The number of anilines is 2. The van der Waals surface area contributed by atoms with E-state index in [4.69, 9.17) is 9.90 Å². The summed E-state index contributed by atoms with van der Waals surface area (Å²) < 4.78 is 87.5. The average Bonchev–Trinajstić information content (AvgIpc) is 2.90. The number of aromatic carboxylic acids is 1. The van der Waals surface area contributed by atoms with Crippen molar-refractivity contribution < 1.29 is 50.2 Å². The fourth-order valence-electron chi connectivity index (χ4n) is 4.66. The molecule has 2 aliphatic rings. The van der Waals surface area contributed by atoms with E-state index in [1.807, 2.05) is 4.90 Å². The first-order valence-corrected chi connectivity index (χ1v) is 13.8. The molecule has 2 heterocycles. The minimum atomic E-state index is -5.08. The van der Waals surface area contributed by atoms with Crippen molar-refractivity contribution in [2.24, 2.45) is 0 Å². The number of hydrogen-bond acceptors (Lipinski definition) is 6. The highest BCUT2D eigenvalue weighted by Crippen LogP contribution is 2.33. The number of carboxylic acid groups (broad SMARTS) is 2. The molecule has 0 unspecified atom stereocenters. The summed E-state index contributed by atoms with van der Waals surface area (Å²) in [7, 11) is -4.49. The number of aliphatic carboxylic acids is 1. The lowest BCUT2D eigenvalue weighted by molar-refractivity contribution is -0.192. The molecule has 0 saturated carbocycles. The lowest BCUT2D eigenvalue weighted by Gasteiger charge is -2.41. The molecule has 0 spiro atoms. The molecular weight excluding hydrogens is 565 g/mol. The summed E-state index contributed by atoms with van der Waals surface area (Å²) in [5.74, 6) is -5.96. The van der Waals surface area contributed by atoms with Crippen LogP contribution in [0.1, 0.15) is 42.5 Å². The van der Waals surface area contributed by atoms with Gasteiger partial charge in [-0.15, -0.1) is 0 Å². The molecule has 4 rings (SSSR count). The van der Waals surface area contributed by atoms with Gasteiger partial charge in [0.1, 0.15) is 16.5 Å². The fourth-order valence-corrected chi connectivity index (χ4v) is 5.82. The van der Waals surface area contributed by atoms with Gasteiger partial charge in [0.15, 0.2) is 0 Å². The molecule has 15 heteroatoms. The van der Waals surface area contributed by atoms with Gasteiger partial charge in [-0.1, -0.05) is 6.42 Å². The van der Waals surface area contributed by atoms with Gasteiger partial charge in [-0.25, -0.2) is 26.8 Å². The Morgan fingerprint density at radius 2 is 1.50 bits per heavy atom. The highest BCUT2D eigenvalue weighted by molar-refractivity contribution is 7.92. The van der Waals surface area contributed by atoms with Crippen molar-refractivity contribution in [1.29, 1.82) is 0 Å². The van der Waals surface area contributed by atoms with Gasteiger partial charge < -0.3 is 20.0 Å². The van der Waals surface area contributed by atoms with Crippen LogP contribution in [0.2, 0.25) is 0 Å². The minimum Gasteiger partial charge on any atom is -0.478 e. The second-order valence-corrected chi connectivity index (χ2v) is 11.0. The van der Waals surface area contributed by atoms with Crippen LogP contribution in [0, 0.1) is 11.6 Å². The first-order valence-electron chi connectivity index (χ1n) is 12.3. The monoisotopic (exact) mass is 593 g/mol. The van der Waals surface area contributed by atoms with Gasteiger partial charge in [-0.3, -0.25) is 4.72 Å². The maximum Gasteiger partial charge on any atom is 0.490 e. The van der Waals surface area contributed by atoms with Crippen LogP contribution >= 0.6 is 0 Å². The van der Waals surface area contributed by atoms with Crippen LogP contribution < -0.4 is 9.62 Å². The molecule has 2 aliphatic heterocycles. The number of hydrogen-bond donors (Lipinski definition) is 3. The van der Waals surface area contributed by atoms with Gasteiger partial charge in [-0.05, 0) is 75.2 Å². The molecule has 0 atom stereocenters. The summed E-state index contributed by atoms with van der Waals surface area (Å²) in [6, 6.07) is 6.83. The third kappa shape index (κ3) is 8.03. The van der Waals surface area contributed by atoms with Gasteiger partial charge in [0, 0.05) is 19.1 Å². The predicted molar refractivity (Wildman–Crippen MR) is 135 cm³/mol. The van der Waals surface area contributed by atoms with Crippen LogP contribution in [0.25, 0.3) is 0 Å². The highest BCUT2D eigenvalue weighted by atomic mass is 32.2. The summed E-state index contributed by atoms with van der Waals surface area (Å²) in [6.07, 6.45) is 0.413. The van der Waals surface area contributed by atoms with Gasteiger partial charge >= 0.3 is 18.1 Å². The van der Waals surface area contributed by atoms with Crippen molar-refractivity contribution in [2.45, 2.75) is 49.2 Å². The van der Waals surface area contributed by atoms with Gasteiger partial charge in [0.25, 0.3) is 10.0 Å². The SMILES string of the molecule is O=C(O)C(F)(F)F.O=C(O)c1ccc(N2CCC(N3CCCCC3)CC2)c(NS(=O)(=O)c2cc(F)ccc2F)c1. The molecule has 2 aromatic rings. The molecular formula is C25H28F5N3O6S. The third-order valence-corrected chi connectivity index (χ3v) is 8.01. The Labute approximate surface area is 227 Å². The van der Waals surface area contributed by atoms with E-state index in [2.05, 4.69) is 9.62 Å². The largest absolute Gasteiger partial charge is 0.490 e. The molecule has 0 amide bonds. The number of sulfonamides is 1. The number of carbonyl (C=O) groups is 2. The lowest BCUT2D eigenvalue weighted by atomic mass is 9.99. The van der Waals surface area contributed by atoms with Crippen molar-refractivity contribution in [1.82, 2.24) is 4.90 Å². The number of benzene rings is 2. The van der Waals surface area contributed by atoms with Crippen molar-refractivity contribution in [3.05, 3.63) is 53.6 Å². The molecule has 2 saturated heterocycles. The number of alkyl halides is 3.